The monoisotopic (exact) mass is 355 g/mol. The molecule has 26 heavy (non-hydrogen) atoms. The van der Waals surface area contributed by atoms with E-state index in [-0.39, 0.29) is 12.1 Å². The first kappa shape index (κ1) is 18.2. The number of hydrogen-bond acceptors (Lipinski definition) is 3. The van der Waals surface area contributed by atoms with Crippen molar-refractivity contribution < 1.29 is 9.84 Å². The minimum atomic E-state index is -0.360. The number of benzene rings is 1. The summed E-state index contributed by atoms with van der Waals surface area (Å²) in [4.78, 5) is 0. The van der Waals surface area contributed by atoms with Crippen molar-refractivity contribution in [3.8, 4) is 0 Å². The van der Waals surface area contributed by atoms with Gasteiger partial charge in [-0.05, 0) is 85.8 Å². The van der Waals surface area contributed by atoms with Crippen LogP contribution in [0.15, 0.2) is 30.4 Å². The predicted octanol–water partition coefficient (Wildman–Crippen LogP) is 3.73. The minimum absolute atomic E-state index is 0.107. The zero-order valence-corrected chi connectivity index (χ0v) is 15.8. The maximum absolute atomic E-state index is 9.52. The van der Waals surface area contributed by atoms with Crippen LogP contribution in [-0.4, -0.2) is 30.5 Å². The molecule has 3 aliphatic rings. The highest BCUT2D eigenvalue weighted by Crippen LogP contribution is 2.40. The van der Waals surface area contributed by atoms with Gasteiger partial charge in [0, 0.05) is 18.8 Å². The summed E-state index contributed by atoms with van der Waals surface area (Å²) in [6, 6.07) is 7.10. The first-order valence-electron chi connectivity index (χ1n) is 10.4. The summed E-state index contributed by atoms with van der Waals surface area (Å²) in [5, 5.41) is 9.52. The highest BCUT2D eigenvalue weighted by molar-refractivity contribution is 5.37. The van der Waals surface area contributed by atoms with Crippen LogP contribution in [-0.2, 0) is 17.6 Å². The van der Waals surface area contributed by atoms with Crippen LogP contribution in [0.1, 0.15) is 61.1 Å². The van der Waals surface area contributed by atoms with E-state index in [1.807, 2.05) is 0 Å². The predicted molar refractivity (Wildman–Crippen MR) is 105 cm³/mol. The molecule has 1 aromatic rings. The van der Waals surface area contributed by atoms with Gasteiger partial charge in [-0.15, -0.1) is 0 Å². The summed E-state index contributed by atoms with van der Waals surface area (Å²) in [5.41, 5.74) is 10.4. The Bertz CT molecular complexity index is 650. The number of nitrogens with two attached hydrogens (primary N) is 1. The van der Waals surface area contributed by atoms with Crippen LogP contribution in [0.2, 0.25) is 0 Å². The molecule has 1 saturated carbocycles. The fourth-order valence-electron chi connectivity index (χ4n) is 5.03. The van der Waals surface area contributed by atoms with E-state index in [0.717, 1.165) is 38.4 Å². The highest BCUT2D eigenvalue weighted by Gasteiger charge is 2.36. The number of aliphatic hydroxyl groups excluding tert-OH is 1. The van der Waals surface area contributed by atoms with E-state index < -0.39 is 0 Å². The molecule has 1 aromatic carbocycles. The molecule has 1 saturated heterocycles. The van der Waals surface area contributed by atoms with Crippen LogP contribution in [0.25, 0.3) is 0 Å². The molecule has 3 N–H and O–H groups in total. The lowest BCUT2D eigenvalue weighted by atomic mass is 9.81. The molecule has 1 unspecified atom stereocenters. The maximum Gasteiger partial charge on any atom is 0.0611 e. The van der Waals surface area contributed by atoms with Gasteiger partial charge < -0.3 is 15.6 Å². The van der Waals surface area contributed by atoms with Gasteiger partial charge in [0.1, 0.15) is 0 Å². The van der Waals surface area contributed by atoms with Crippen molar-refractivity contribution in [1.82, 2.24) is 0 Å². The molecule has 3 atom stereocenters. The van der Waals surface area contributed by atoms with Crippen LogP contribution in [0.5, 0.6) is 0 Å². The van der Waals surface area contributed by atoms with E-state index in [1.165, 1.54) is 48.8 Å². The van der Waals surface area contributed by atoms with Gasteiger partial charge in [0.05, 0.1) is 6.61 Å². The van der Waals surface area contributed by atoms with Gasteiger partial charge in [-0.25, -0.2) is 0 Å². The van der Waals surface area contributed by atoms with Gasteiger partial charge in [-0.1, -0.05) is 30.4 Å². The average molecular weight is 356 g/mol. The summed E-state index contributed by atoms with van der Waals surface area (Å²) in [6.45, 7) is 1.95. The molecule has 4 rings (SSSR count). The van der Waals surface area contributed by atoms with Crippen molar-refractivity contribution in [1.29, 1.82) is 0 Å². The summed E-state index contributed by atoms with van der Waals surface area (Å²) in [6.07, 6.45) is 13.9. The Labute approximate surface area is 157 Å². The van der Waals surface area contributed by atoms with E-state index in [4.69, 9.17) is 10.5 Å². The largest absolute Gasteiger partial charge is 0.394 e. The quantitative estimate of drug-likeness (QED) is 0.809. The second-order valence-electron chi connectivity index (χ2n) is 8.83. The number of aliphatic hydroxyl groups is 1. The van der Waals surface area contributed by atoms with Gasteiger partial charge in [0.25, 0.3) is 0 Å². The number of hydrogen-bond donors (Lipinski definition) is 2. The number of ether oxygens (including phenoxy) is 1. The molecule has 0 spiro atoms. The summed E-state index contributed by atoms with van der Waals surface area (Å²) < 4.78 is 5.46. The topological polar surface area (TPSA) is 55.5 Å². The van der Waals surface area contributed by atoms with Gasteiger partial charge in [0.2, 0.25) is 0 Å². The molecule has 0 amide bonds. The zero-order valence-electron chi connectivity index (χ0n) is 15.8. The summed E-state index contributed by atoms with van der Waals surface area (Å²) >= 11 is 0. The molecule has 2 fully saturated rings. The third-order valence-corrected chi connectivity index (χ3v) is 6.85. The van der Waals surface area contributed by atoms with Crippen LogP contribution >= 0.6 is 0 Å². The Morgan fingerprint density at radius 1 is 1.08 bits per heavy atom. The first-order chi connectivity index (χ1) is 12.6. The van der Waals surface area contributed by atoms with E-state index in [0.29, 0.717) is 11.8 Å². The minimum Gasteiger partial charge on any atom is -0.394 e. The Morgan fingerprint density at radius 3 is 2.65 bits per heavy atom. The second kappa shape index (κ2) is 7.84. The Hall–Kier alpha value is -1.16. The highest BCUT2D eigenvalue weighted by atomic mass is 16.5. The van der Waals surface area contributed by atoms with Crippen LogP contribution in [0.3, 0.4) is 0 Å². The maximum atomic E-state index is 9.52. The lowest BCUT2D eigenvalue weighted by Gasteiger charge is -2.25. The number of rotatable bonds is 4. The standard InChI is InChI=1S/C23H33NO2/c24-23(16-25)10-7-22(15-23)21-6-5-19-13-18(3-4-20(19)14-21)2-1-17-8-11-26-12-9-17/h1-2,5-6,14,17-18,22,25H,3-4,7-13,15-16,24H2/b2-1+/t18?,22-,23+/m0/s1. The van der Waals surface area contributed by atoms with Crippen molar-refractivity contribution in [2.75, 3.05) is 19.8 Å². The fourth-order valence-corrected chi connectivity index (χ4v) is 5.03. The molecular weight excluding hydrogens is 322 g/mol. The van der Waals surface area contributed by atoms with Crippen LogP contribution < -0.4 is 5.73 Å². The van der Waals surface area contributed by atoms with Crippen molar-refractivity contribution in [3.05, 3.63) is 47.0 Å². The van der Waals surface area contributed by atoms with Gasteiger partial charge in [-0.2, -0.15) is 0 Å². The van der Waals surface area contributed by atoms with Crippen molar-refractivity contribution in [3.63, 3.8) is 0 Å². The Kier molecular flexibility index (Phi) is 5.49. The Balaban J connectivity index is 1.39. The molecule has 0 bridgehead atoms. The zero-order chi connectivity index (χ0) is 18.0. The van der Waals surface area contributed by atoms with Crippen molar-refractivity contribution >= 4 is 0 Å². The SMILES string of the molecule is N[C@]1(CO)CC[C@H](c2ccc3c(c2)CCC(/C=C/C2CCOCC2)C3)C1. The molecular formula is C23H33NO2. The summed E-state index contributed by atoms with van der Waals surface area (Å²) in [5.74, 6) is 1.93. The van der Waals surface area contributed by atoms with Gasteiger partial charge in [-0.3, -0.25) is 0 Å². The van der Waals surface area contributed by atoms with E-state index in [1.54, 1.807) is 0 Å². The first-order valence-corrected chi connectivity index (χ1v) is 10.4. The molecule has 3 nitrogen and oxygen atoms in total. The number of allylic oxidation sites excluding steroid dienone is 2. The molecule has 142 valence electrons. The molecule has 2 aliphatic carbocycles. The van der Waals surface area contributed by atoms with Gasteiger partial charge in [0.15, 0.2) is 0 Å². The third kappa shape index (κ3) is 4.05. The third-order valence-electron chi connectivity index (χ3n) is 6.85. The summed E-state index contributed by atoms with van der Waals surface area (Å²) in [7, 11) is 0. The number of fused-ring (bicyclic) bond motifs is 1. The second-order valence-corrected chi connectivity index (χ2v) is 8.83. The Morgan fingerprint density at radius 2 is 1.88 bits per heavy atom. The van der Waals surface area contributed by atoms with Crippen LogP contribution in [0.4, 0.5) is 0 Å². The van der Waals surface area contributed by atoms with Crippen molar-refractivity contribution in [2.45, 2.75) is 62.8 Å². The van der Waals surface area contributed by atoms with E-state index in [2.05, 4.69) is 30.4 Å². The van der Waals surface area contributed by atoms with E-state index >= 15 is 0 Å². The molecule has 1 heterocycles. The fraction of sp³-hybridized carbons (Fsp3) is 0.652. The lowest BCUT2D eigenvalue weighted by Crippen LogP contribution is -2.40. The average Bonchev–Trinajstić information content (AvgIpc) is 3.09. The molecule has 3 heteroatoms. The molecule has 1 aliphatic heterocycles. The van der Waals surface area contributed by atoms with Gasteiger partial charge >= 0.3 is 0 Å². The van der Waals surface area contributed by atoms with E-state index in [9.17, 15) is 5.11 Å². The van der Waals surface area contributed by atoms with Crippen molar-refractivity contribution in [2.24, 2.45) is 17.6 Å². The molecule has 0 aromatic heterocycles. The number of aryl methyl sites for hydroxylation is 1. The van der Waals surface area contributed by atoms with Crippen LogP contribution in [0, 0.1) is 11.8 Å². The lowest BCUT2D eigenvalue weighted by molar-refractivity contribution is 0.0784. The smallest absolute Gasteiger partial charge is 0.0611 e. The molecule has 0 radical (unpaired) electrons. The normalized spacial score (nSPS) is 32.8.